The van der Waals surface area contributed by atoms with Crippen molar-refractivity contribution >= 4 is 27.5 Å². The van der Waals surface area contributed by atoms with Gasteiger partial charge in [-0.3, -0.25) is 4.79 Å². The van der Waals surface area contributed by atoms with Crippen LogP contribution < -0.4 is 5.73 Å². The second-order valence-electron chi connectivity index (χ2n) is 4.56. The van der Waals surface area contributed by atoms with Crippen LogP contribution in [0, 0.1) is 5.82 Å². The number of benzene rings is 2. The lowest BCUT2D eigenvalue weighted by molar-refractivity contribution is 0.0784. The number of hydrogen-bond acceptors (Lipinski definition) is 2. The summed E-state index contributed by atoms with van der Waals surface area (Å²) in [5.74, 6) is -0.675. The standard InChI is InChI=1S/C15H14BrFN2O/c1-19(9-10-2-4-14(18)5-3-10)15(20)11-6-12(16)8-13(17)7-11/h2-8H,9,18H2,1H3. The number of amides is 1. The van der Waals surface area contributed by atoms with E-state index in [0.29, 0.717) is 22.3 Å². The summed E-state index contributed by atoms with van der Waals surface area (Å²) in [6, 6.07) is 11.4. The lowest BCUT2D eigenvalue weighted by Crippen LogP contribution is -2.26. The molecule has 0 spiro atoms. The summed E-state index contributed by atoms with van der Waals surface area (Å²) < 4.78 is 13.9. The van der Waals surface area contributed by atoms with Crippen LogP contribution in [-0.4, -0.2) is 17.9 Å². The summed E-state index contributed by atoms with van der Waals surface area (Å²) in [4.78, 5) is 13.8. The second-order valence-corrected chi connectivity index (χ2v) is 5.48. The predicted octanol–water partition coefficient (Wildman–Crippen LogP) is 3.44. The molecule has 2 aromatic carbocycles. The highest BCUT2D eigenvalue weighted by atomic mass is 79.9. The van der Waals surface area contributed by atoms with Gasteiger partial charge in [0.1, 0.15) is 5.82 Å². The number of nitrogens with zero attached hydrogens (tertiary/aromatic N) is 1. The number of hydrogen-bond donors (Lipinski definition) is 1. The van der Waals surface area contributed by atoms with Crippen LogP contribution in [0.4, 0.5) is 10.1 Å². The van der Waals surface area contributed by atoms with Crippen LogP contribution in [0.25, 0.3) is 0 Å². The van der Waals surface area contributed by atoms with Gasteiger partial charge in [-0.05, 0) is 35.9 Å². The molecule has 0 heterocycles. The number of carbonyl (C=O) groups is 1. The van der Waals surface area contributed by atoms with Gasteiger partial charge in [0.25, 0.3) is 5.91 Å². The van der Waals surface area contributed by atoms with Gasteiger partial charge in [0.15, 0.2) is 0 Å². The average molecular weight is 337 g/mol. The Morgan fingerprint density at radius 2 is 1.90 bits per heavy atom. The maximum absolute atomic E-state index is 13.3. The van der Waals surface area contributed by atoms with Crippen molar-refractivity contribution in [3.05, 3.63) is 63.9 Å². The lowest BCUT2D eigenvalue weighted by atomic mass is 10.1. The first-order valence-corrected chi connectivity index (χ1v) is 6.81. The third-order valence-corrected chi connectivity index (χ3v) is 3.31. The van der Waals surface area contributed by atoms with Gasteiger partial charge in [0.2, 0.25) is 0 Å². The molecular weight excluding hydrogens is 323 g/mol. The number of halogens is 2. The zero-order valence-electron chi connectivity index (χ0n) is 10.9. The van der Waals surface area contributed by atoms with E-state index in [1.54, 1.807) is 25.2 Å². The predicted molar refractivity (Wildman–Crippen MR) is 80.8 cm³/mol. The number of anilines is 1. The molecule has 1 amide bonds. The van der Waals surface area contributed by atoms with Gasteiger partial charge in [0.05, 0.1) is 0 Å². The van der Waals surface area contributed by atoms with E-state index in [1.165, 1.54) is 17.0 Å². The van der Waals surface area contributed by atoms with Crippen molar-refractivity contribution in [2.75, 3.05) is 12.8 Å². The molecule has 3 nitrogen and oxygen atoms in total. The van der Waals surface area contributed by atoms with Gasteiger partial charge < -0.3 is 10.6 Å². The Hall–Kier alpha value is -1.88. The fraction of sp³-hybridized carbons (Fsp3) is 0.133. The third-order valence-electron chi connectivity index (χ3n) is 2.86. The minimum atomic E-state index is -0.441. The van der Waals surface area contributed by atoms with Crippen LogP contribution >= 0.6 is 15.9 Å². The quantitative estimate of drug-likeness (QED) is 0.872. The minimum absolute atomic E-state index is 0.234. The fourth-order valence-corrected chi connectivity index (χ4v) is 2.33. The van der Waals surface area contributed by atoms with Gasteiger partial charge in [-0.25, -0.2) is 4.39 Å². The van der Waals surface area contributed by atoms with Gasteiger partial charge in [-0.15, -0.1) is 0 Å². The minimum Gasteiger partial charge on any atom is -0.399 e. The van der Waals surface area contributed by atoms with E-state index < -0.39 is 5.82 Å². The number of nitrogen functional groups attached to an aromatic ring is 1. The molecule has 0 radical (unpaired) electrons. The summed E-state index contributed by atoms with van der Waals surface area (Å²) in [7, 11) is 1.68. The van der Waals surface area contributed by atoms with Crippen LogP contribution in [-0.2, 0) is 6.54 Å². The third kappa shape index (κ3) is 3.57. The summed E-state index contributed by atoms with van der Waals surface area (Å²) in [5, 5.41) is 0. The Labute approximate surface area is 125 Å². The summed E-state index contributed by atoms with van der Waals surface area (Å²) >= 11 is 3.18. The Bertz CT molecular complexity index is 608. The van der Waals surface area contributed by atoms with Crippen molar-refractivity contribution in [3.63, 3.8) is 0 Å². The average Bonchev–Trinajstić information content (AvgIpc) is 2.39. The highest BCUT2D eigenvalue weighted by Gasteiger charge is 2.13. The largest absolute Gasteiger partial charge is 0.399 e. The van der Waals surface area contributed by atoms with Crippen LogP contribution in [0.15, 0.2) is 46.9 Å². The van der Waals surface area contributed by atoms with E-state index in [2.05, 4.69) is 15.9 Å². The lowest BCUT2D eigenvalue weighted by Gasteiger charge is -2.17. The Morgan fingerprint density at radius 3 is 2.50 bits per heavy atom. The monoisotopic (exact) mass is 336 g/mol. The summed E-state index contributed by atoms with van der Waals surface area (Å²) in [6.45, 7) is 0.438. The molecule has 0 aromatic heterocycles. The van der Waals surface area contributed by atoms with Gasteiger partial charge >= 0.3 is 0 Å². The van der Waals surface area contributed by atoms with Crippen LogP contribution in [0.1, 0.15) is 15.9 Å². The SMILES string of the molecule is CN(Cc1ccc(N)cc1)C(=O)c1cc(F)cc(Br)c1. The molecule has 2 aromatic rings. The molecule has 0 aliphatic carbocycles. The number of nitrogens with two attached hydrogens (primary N) is 1. The van der Waals surface area contributed by atoms with Crippen molar-refractivity contribution in [3.8, 4) is 0 Å². The van der Waals surface area contributed by atoms with Gasteiger partial charge in [0, 0.05) is 29.3 Å². The van der Waals surface area contributed by atoms with E-state index in [4.69, 9.17) is 5.73 Å². The Kier molecular flexibility index (Phi) is 4.39. The Balaban J connectivity index is 2.14. The van der Waals surface area contributed by atoms with Gasteiger partial charge in [-0.2, -0.15) is 0 Å². The van der Waals surface area contributed by atoms with E-state index in [9.17, 15) is 9.18 Å². The van der Waals surface area contributed by atoms with E-state index in [-0.39, 0.29) is 5.91 Å². The van der Waals surface area contributed by atoms with Crippen LogP contribution in [0.5, 0.6) is 0 Å². The van der Waals surface area contributed by atoms with Crippen LogP contribution in [0.2, 0.25) is 0 Å². The molecule has 0 saturated heterocycles. The molecule has 2 rings (SSSR count). The molecule has 104 valence electrons. The molecule has 0 fully saturated rings. The molecule has 2 N–H and O–H groups in total. The van der Waals surface area contributed by atoms with E-state index in [1.807, 2.05) is 12.1 Å². The maximum atomic E-state index is 13.3. The van der Waals surface area contributed by atoms with Crippen molar-refractivity contribution in [2.24, 2.45) is 0 Å². The zero-order valence-corrected chi connectivity index (χ0v) is 12.5. The summed E-state index contributed by atoms with van der Waals surface area (Å²) in [5.41, 5.74) is 7.57. The first-order valence-electron chi connectivity index (χ1n) is 6.01. The normalized spacial score (nSPS) is 10.3. The molecule has 5 heteroatoms. The van der Waals surface area contributed by atoms with Crippen molar-refractivity contribution in [1.29, 1.82) is 0 Å². The zero-order chi connectivity index (χ0) is 14.7. The highest BCUT2D eigenvalue weighted by Crippen LogP contribution is 2.17. The van der Waals surface area contributed by atoms with Crippen molar-refractivity contribution < 1.29 is 9.18 Å². The number of carbonyl (C=O) groups excluding carboxylic acids is 1. The van der Waals surface area contributed by atoms with E-state index >= 15 is 0 Å². The molecule has 0 unspecified atom stereocenters. The number of rotatable bonds is 3. The molecule has 0 saturated carbocycles. The van der Waals surface area contributed by atoms with E-state index in [0.717, 1.165) is 5.56 Å². The Morgan fingerprint density at radius 1 is 1.25 bits per heavy atom. The van der Waals surface area contributed by atoms with Crippen molar-refractivity contribution in [2.45, 2.75) is 6.54 Å². The fourth-order valence-electron chi connectivity index (χ4n) is 1.87. The van der Waals surface area contributed by atoms with Gasteiger partial charge in [-0.1, -0.05) is 28.1 Å². The van der Waals surface area contributed by atoms with Crippen LogP contribution in [0.3, 0.4) is 0 Å². The smallest absolute Gasteiger partial charge is 0.254 e. The first-order chi connectivity index (χ1) is 9.45. The molecule has 0 aliphatic rings. The second kappa shape index (κ2) is 6.05. The van der Waals surface area contributed by atoms with Crippen molar-refractivity contribution in [1.82, 2.24) is 4.90 Å². The first kappa shape index (κ1) is 14.5. The molecule has 0 atom stereocenters. The highest BCUT2D eigenvalue weighted by molar-refractivity contribution is 9.10. The molecular formula is C15H14BrFN2O. The maximum Gasteiger partial charge on any atom is 0.254 e. The molecule has 0 aliphatic heterocycles. The summed E-state index contributed by atoms with van der Waals surface area (Å²) in [6.07, 6.45) is 0. The molecule has 0 bridgehead atoms. The topological polar surface area (TPSA) is 46.3 Å². The molecule has 20 heavy (non-hydrogen) atoms.